The molecule has 0 aromatic heterocycles. The maximum absolute atomic E-state index is 13.1. The van der Waals surface area contributed by atoms with Crippen molar-refractivity contribution in [1.29, 1.82) is 0 Å². The number of hydrogen-bond donors (Lipinski definition) is 4. The highest BCUT2D eigenvalue weighted by Crippen LogP contribution is 2.25. The number of esters is 1. The van der Waals surface area contributed by atoms with Crippen LogP contribution in [0.2, 0.25) is 0 Å². The predicted molar refractivity (Wildman–Crippen MR) is 136 cm³/mol. The fraction of sp³-hybridized carbons (Fsp3) is 0.696. The zero-order valence-electron chi connectivity index (χ0n) is 20.8. The lowest BCUT2D eigenvalue weighted by Crippen LogP contribution is -2.57. The molecule has 0 radical (unpaired) electrons. The predicted octanol–water partition coefficient (Wildman–Crippen LogP) is 1.26. The Kier molecular flexibility index (Phi) is 11.4. The first kappa shape index (κ1) is 29.0. The number of fused-ring (bicyclic) bond motifs is 17. The average Bonchev–Trinajstić information content (AvgIpc) is 2.78. The SMILES string of the molecule is C/C=C1/NC(=O)[C@H]2CSSCCCC(CC(=O)N[C@H](C(C)C)C(=O)N2)OC(=O)[C@H](C(C)C)NC1=O. The third-order valence-corrected chi connectivity index (χ3v) is 8.16. The molecule has 196 valence electrons. The topological polar surface area (TPSA) is 143 Å². The van der Waals surface area contributed by atoms with Crippen LogP contribution in [-0.4, -0.2) is 65.3 Å². The highest BCUT2D eigenvalue weighted by atomic mass is 33.1. The number of rotatable bonds is 2. The fourth-order valence-corrected chi connectivity index (χ4v) is 5.87. The number of allylic oxidation sites excluding steroid dienone is 1. The second-order valence-corrected chi connectivity index (χ2v) is 11.9. The van der Waals surface area contributed by atoms with Gasteiger partial charge >= 0.3 is 5.97 Å². The van der Waals surface area contributed by atoms with Crippen molar-refractivity contribution in [2.75, 3.05) is 11.5 Å². The minimum absolute atomic E-state index is 0.0326. The zero-order valence-corrected chi connectivity index (χ0v) is 22.5. The molecule has 2 bridgehead atoms. The van der Waals surface area contributed by atoms with Crippen LogP contribution in [0.5, 0.6) is 0 Å². The van der Waals surface area contributed by atoms with Gasteiger partial charge in [-0.15, -0.1) is 0 Å². The van der Waals surface area contributed by atoms with Gasteiger partial charge in [-0.1, -0.05) is 55.4 Å². The molecule has 4 N–H and O–H groups in total. The summed E-state index contributed by atoms with van der Waals surface area (Å²) in [5.41, 5.74) is -0.0326. The van der Waals surface area contributed by atoms with E-state index in [1.165, 1.54) is 27.7 Å². The minimum atomic E-state index is -0.968. The molecule has 3 heterocycles. The van der Waals surface area contributed by atoms with Crippen LogP contribution >= 0.6 is 21.6 Å². The van der Waals surface area contributed by atoms with Crippen molar-refractivity contribution < 1.29 is 28.7 Å². The normalized spacial score (nSPS) is 29.3. The summed E-state index contributed by atoms with van der Waals surface area (Å²) < 4.78 is 5.71. The molecule has 1 unspecified atom stereocenters. The van der Waals surface area contributed by atoms with E-state index < -0.39 is 53.8 Å². The van der Waals surface area contributed by atoms with Crippen molar-refractivity contribution in [3.63, 3.8) is 0 Å². The van der Waals surface area contributed by atoms with E-state index in [4.69, 9.17) is 4.74 Å². The van der Waals surface area contributed by atoms with Crippen LogP contribution in [-0.2, 0) is 28.7 Å². The molecule has 12 heteroatoms. The fourth-order valence-electron chi connectivity index (χ4n) is 3.60. The van der Waals surface area contributed by atoms with Crippen molar-refractivity contribution in [1.82, 2.24) is 21.3 Å². The summed E-state index contributed by atoms with van der Waals surface area (Å²) >= 11 is 0. The molecular formula is C23H36N4O6S2. The van der Waals surface area contributed by atoms with Gasteiger partial charge in [0.15, 0.2) is 0 Å². The summed E-state index contributed by atoms with van der Waals surface area (Å²) in [4.78, 5) is 65.0. The van der Waals surface area contributed by atoms with Crippen molar-refractivity contribution in [3.05, 3.63) is 11.8 Å². The van der Waals surface area contributed by atoms with Crippen LogP contribution in [0.3, 0.4) is 0 Å². The Morgan fingerprint density at radius 3 is 2.23 bits per heavy atom. The van der Waals surface area contributed by atoms with Gasteiger partial charge in [-0.25, -0.2) is 4.79 Å². The van der Waals surface area contributed by atoms with Gasteiger partial charge in [-0.3, -0.25) is 19.2 Å². The molecule has 0 saturated carbocycles. The smallest absolute Gasteiger partial charge is 0.329 e. The summed E-state index contributed by atoms with van der Waals surface area (Å²) in [6, 6.07) is -2.78. The third kappa shape index (κ3) is 8.75. The van der Waals surface area contributed by atoms with Gasteiger partial charge in [-0.05, 0) is 31.6 Å². The highest BCUT2D eigenvalue weighted by Gasteiger charge is 2.34. The Morgan fingerprint density at radius 2 is 1.60 bits per heavy atom. The molecule has 0 spiro atoms. The van der Waals surface area contributed by atoms with Crippen LogP contribution in [0.4, 0.5) is 0 Å². The number of hydrogen-bond acceptors (Lipinski definition) is 8. The molecule has 0 aliphatic carbocycles. The van der Waals surface area contributed by atoms with Gasteiger partial charge in [0.2, 0.25) is 17.7 Å². The zero-order chi connectivity index (χ0) is 26.1. The second-order valence-electron chi connectivity index (χ2n) is 9.25. The number of ether oxygens (including phenoxy) is 1. The Balaban J connectivity index is 2.51. The van der Waals surface area contributed by atoms with E-state index >= 15 is 0 Å². The number of carbonyl (C=O) groups is 5. The van der Waals surface area contributed by atoms with E-state index in [0.717, 1.165) is 0 Å². The van der Waals surface area contributed by atoms with Gasteiger partial charge in [0.1, 0.15) is 29.9 Å². The monoisotopic (exact) mass is 528 g/mol. The maximum Gasteiger partial charge on any atom is 0.329 e. The summed E-state index contributed by atoms with van der Waals surface area (Å²) in [6.07, 6.45) is 1.76. The van der Waals surface area contributed by atoms with Crippen LogP contribution in [0, 0.1) is 11.8 Å². The van der Waals surface area contributed by atoms with Crippen molar-refractivity contribution in [2.24, 2.45) is 11.8 Å². The quantitative estimate of drug-likeness (QED) is 0.182. The minimum Gasteiger partial charge on any atom is -0.460 e. The Labute approximate surface area is 214 Å². The lowest BCUT2D eigenvalue weighted by atomic mass is 10.0. The largest absolute Gasteiger partial charge is 0.460 e. The average molecular weight is 529 g/mol. The molecule has 35 heavy (non-hydrogen) atoms. The Hall–Kier alpha value is -2.21. The Morgan fingerprint density at radius 1 is 0.914 bits per heavy atom. The molecule has 3 fully saturated rings. The van der Waals surface area contributed by atoms with Crippen LogP contribution in [0.1, 0.15) is 53.9 Å². The molecule has 3 aliphatic rings. The van der Waals surface area contributed by atoms with Gasteiger partial charge in [0.25, 0.3) is 5.91 Å². The van der Waals surface area contributed by atoms with Gasteiger partial charge in [-0.2, -0.15) is 0 Å². The highest BCUT2D eigenvalue weighted by molar-refractivity contribution is 8.76. The summed E-state index contributed by atoms with van der Waals surface area (Å²) in [5, 5.41) is 10.7. The van der Waals surface area contributed by atoms with E-state index in [0.29, 0.717) is 18.6 Å². The summed E-state index contributed by atoms with van der Waals surface area (Å²) in [7, 11) is 2.96. The van der Waals surface area contributed by atoms with Gasteiger partial charge in [0, 0.05) is 11.5 Å². The van der Waals surface area contributed by atoms with E-state index in [9.17, 15) is 24.0 Å². The number of carbonyl (C=O) groups excluding carboxylic acids is 5. The first-order chi connectivity index (χ1) is 16.5. The molecule has 4 atom stereocenters. The summed E-state index contributed by atoms with van der Waals surface area (Å²) in [5.74, 6) is -2.34. The number of amides is 4. The molecule has 3 rings (SSSR count). The van der Waals surface area contributed by atoms with E-state index in [1.54, 1.807) is 34.6 Å². The number of nitrogens with one attached hydrogen (secondary N) is 4. The molecule has 10 nitrogen and oxygen atoms in total. The van der Waals surface area contributed by atoms with Crippen LogP contribution < -0.4 is 21.3 Å². The van der Waals surface area contributed by atoms with Gasteiger partial charge in [0.05, 0.1) is 6.42 Å². The molecule has 3 saturated heterocycles. The first-order valence-electron chi connectivity index (χ1n) is 11.9. The van der Waals surface area contributed by atoms with Crippen molar-refractivity contribution >= 4 is 51.2 Å². The molecule has 0 aromatic rings. The van der Waals surface area contributed by atoms with Crippen LogP contribution in [0.15, 0.2) is 11.8 Å². The Bertz CT molecular complexity index is 848. The van der Waals surface area contributed by atoms with Gasteiger partial charge < -0.3 is 26.0 Å². The lowest BCUT2D eigenvalue weighted by Gasteiger charge is -2.28. The maximum atomic E-state index is 13.1. The lowest BCUT2D eigenvalue weighted by molar-refractivity contribution is -0.155. The third-order valence-electron chi connectivity index (χ3n) is 5.66. The van der Waals surface area contributed by atoms with E-state index in [1.807, 2.05) is 0 Å². The molecule has 3 aliphatic heterocycles. The first-order valence-corrected chi connectivity index (χ1v) is 14.3. The van der Waals surface area contributed by atoms with Crippen molar-refractivity contribution in [2.45, 2.75) is 78.1 Å². The molecule has 0 aromatic carbocycles. The molecule has 4 amide bonds. The van der Waals surface area contributed by atoms with E-state index in [2.05, 4.69) is 21.3 Å². The van der Waals surface area contributed by atoms with Crippen molar-refractivity contribution in [3.8, 4) is 0 Å². The standard InChI is InChI=1S/C23H36N4O6S2/c1-6-15-20(29)27-19(13(4)5)23(32)33-14-8-7-9-34-35-11-16(21(30)24-15)25-22(31)18(12(2)3)26-17(28)10-14/h6,12-14,16,18-19H,7-11H2,1-5H3,(H,24,30)(H,25,31)(H,26,28)(H,27,29)/b15-6+/t14?,16-,18-,19+/m1/s1. The van der Waals surface area contributed by atoms with E-state index in [-0.39, 0.29) is 29.7 Å². The van der Waals surface area contributed by atoms with Crippen LogP contribution in [0.25, 0.3) is 0 Å². The molecular weight excluding hydrogens is 492 g/mol. The second kappa shape index (κ2) is 13.8. The summed E-state index contributed by atoms with van der Waals surface area (Å²) in [6.45, 7) is 8.71.